The summed E-state index contributed by atoms with van der Waals surface area (Å²) in [6.45, 7) is 6.36. The van der Waals surface area contributed by atoms with Crippen LogP contribution in [0.5, 0.6) is 0 Å². The molecular weight excluding hydrogens is 260 g/mol. The number of nitrogens with one attached hydrogen (secondary N) is 1. The quantitative estimate of drug-likeness (QED) is 0.665. The van der Waals surface area contributed by atoms with Gasteiger partial charge in [-0.25, -0.2) is 9.78 Å². The number of aromatic nitrogens is 2. The van der Waals surface area contributed by atoms with Crippen molar-refractivity contribution in [2.75, 3.05) is 7.11 Å². The fourth-order valence-corrected chi connectivity index (χ4v) is 3.28. The van der Waals surface area contributed by atoms with Gasteiger partial charge in [-0.15, -0.1) is 0 Å². The van der Waals surface area contributed by atoms with Crippen LogP contribution in [0.2, 0.25) is 0 Å². The minimum atomic E-state index is -0.427. The van der Waals surface area contributed by atoms with Crippen molar-refractivity contribution in [2.45, 2.75) is 46.0 Å². The highest BCUT2D eigenvalue weighted by atomic mass is 32.1. The smallest absolute Gasteiger partial charge is 0.342 e. The minimum absolute atomic E-state index is 0.227. The normalized spacial score (nSPS) is 21.4. The third-order valence-corrected chi connectivity index (χ3v) is 4.40. The highest BCUT2D eigenvalue weighted by molar-refractivity contribution is 7.71. The number of nitrogens with zero attached hydrogens (tertiary/aromatic N) is 1. The first kappa shape index (κ1) is 14.2. The number of rotatable bonds is 2. The van der Waals surface area contributed by atoms with Gasteiger partial charge in [-0.1, -0.05) is 32.5 Å². The van der Waals surface area contributed by atoms with E-state index >= 15 is 0 Å². The van der Waals surface area contributed by atoms with E-state index in [9.17, 15) is 4.79 Å². The molecule has 0 spiro atoms. The molecule has 104 valence electrons. The van der Waals surface area contributed by atoms with E-state index in [0.717, 1.165) is 17.9 Å². The first-order valence-corrected chi connectivity index (χ1v) is 6.97. The van der Waals surface area contributed by atoms with Crippen LogP contribution in [-0.2, 0) is 4.74 Å². The summed E-state index contributed by atoms with van der Waals surface area (Å²) in [4.78, 5) is 19.4. The van der Waals surface area contributed by atoms with Gasteiger partial charge < -0.3 is 9.72 Å². The summed E-state index contributed by atoms with van der Waals surface area (Å²) >= 11 is 5.25. The molecule has 4 nitrogen and oxygen atoms in total. The van der Waals surface area contributed by atoms with Crippen LogP contribution in [0.15, 0.2) is 0 Å². The molecule has 1 aromatic heterocycles. The fourth-order valence-electron chi connectivity index (χ4n) is 2.95. The molecule has 1 unspecified atom stereocenters. The first-order chi connectivity index (χ1) is 8.86. The van der Waals surface area contributed by atoms with Gasteiger partial charge in [0.15, 0.2) is 0 Å². The average Bonchev–Trinajstić information content (AvgIpc) is 2.67. The van der Waals surface area contributed by atoms with E-state index in [1.807, 2.05) is 6.92 Å². The topological polar surface area (TPSA) is 55.0 Å². The number of carbonyl (C=O) groups is 1. The zero-order valence-corrected chi connectivity index (χ0v) is 12.7. The lowest BCUT2D eigenvalue weighted by atomic mass is 9.81. The number of hydrogen-bond donors (Lipinski definition) is 1. The maximum atomic E-state index is 11.7. The number of aromatic amines is 1. The highest BCUT2D eigenvalue weighted by Gasteiger charge is 2.37. The lowest BCUT2D eigenvalue weighted by molar-refractivity contribution is 0.0598. The Kier molecular flexibility index (Phi) is 3.76. The Morgan fingerprint density at radius 2 is 2.21 bits per heavy atom. The molecular formula is C14H20N2O2S. The molecule has 0 amide bonds. The van der Waals surface area contributed by atoms with Crippen LogP contribution in [0.1, 0.15) is 60.9 Å². The van der Waals surface area contributed by atoms with Gasteiger partial charge >= 0.3 is 5.97 Å². The lowest BCUT2D eigenvalue weighted by Gasteiger charge is -2.26. The predicted octanol–water partition coefficient (Wildman–Crippen LogP) is 3.53. The predicted molar refractivity (Wildman–Crippen MR) is 75.9 cm³/mol. The number of H-pyrrole nitrogens is 1. The number of esters is 1. The molecule has 0 saturated heterocycles. The average molecular weight is 280 g/mol. The van der Waals surface area contributed by atoms with E-state index in [0.29, 0.717) is 16.1 Å². The Bertz CT molecular complexity index is 563. The maximum Gasteiger partial charge on any atom is 0.342 e. The van der Waals surface area contributed by atoms with Crippen molar-refractivity contribution in [3.05, 3.63) is 21.7 Å². The molecule has 1 fully saturated rings. The second kappa shape index (κ2) is 5.04. The van der Waals surface area contributed by atoms with Crippen molar-refractivity contribution in [2.24, 2.45) is 5.41 Å². The van der Waals surface area contributed by atoms with Gasteiger partial charge in [0.25, 0.3) is 0 Å². The molecule has 19 heavy (non-hydrogen) atoms. The number of hydrogen-bond acceptors (Lipinski definition) is 4. The van der Waals surface area contributed by atoms with Crippen LogP contribution in [0.3, 0.4) is 0 Å². The third-order valence-electron chi connectivity index (χ3n) is 4.10. The largest absolute Gasteiger partial charge is 0.465 e. The van der Waals surface area contributed by atoms with Gasteiger partial charge in [0, 0.05) is 11.6 Å². The zero-order valence-electron chi connectivity index (χ0n) is 11.9. The zero-order chi connectivity index (χ0) is 14.2. The number of methoxy groups -OCH3 is 1. The second-order valence-electron chi connectivity index (χ2n) is 5.85. The Balaban J connectivity index is 2.46. The van der Waals surface area contributed by atoms with Crippen LogP contribution >= 0.6 is 12.2 Å². The van der Waals surface area contributed by atoms with Crippen LogP contribution in [-0.4, -0.2) is 23.0 Å². The van der Waals surface area contributed by atoms with E-state index in [2.05, 4.69) is 23.8 Å². The molecule has 1 aromatic rings. The molecule has 1 N–H and O–H groups in total. The number of ether oxygens (including phenoxy) is 1. The van der Waals surface area contributed by atoms with Crippen molar-refractivity contribution in [1.29, 1.82) is 0 Å². The summed E-state index contributed by atoms with van der Waals surface area (Å²) < 4.78 is 5.07. The van der Waals surface area contributed by atoms with Gasteiger partial charge in [-0.3, -0.25) is 0 Å². The van der Waals surface area contributed by atoms with E-state index < -0.39 is 5.97 Å². The molecule has 2 rings (SSSR count). The molecule has 1 heterocycles. The van der Waals surface area contributed by atoms with E-state index in [-0.39, 0.29) is 5.41 Å². The van der Waals surface area contributed by atoms with E-state index in [1.165, 1.54) is 20.0 Å². The van der Waals surface area contributed by atoms with Crippen molar-refractivity contribution in [1.82, 2.24) is 9.97 Å². The summed E-state index contributed by atoms with van der Waals surface area (Å²) in [6.07, 6.45) is 3.51. The molecule has 0 aromatic carbocycles. The van der Waals surface area contributed by atoms with Crippen LogP contribution in [0.25, 0.3) is 0 Å². The van der Waals surface area contributed by atoms with Gasteiger partial charge in [0.2, 0.25) is 0 Å². The molecule has 1 aliphatic rings. The van der Waals surface area contributed by atoms with Crippen molar-refractivity contribution in [3.8, 4) is 0 Å². The van der Waals surface area contributed by atoms with Crippen molar-refractivity contribution in [3.63, 3.8) is 0 Å². The molecule has 0 bridgehead atoms. The Hall–Kier alpha value is -1.23. The monoisotopic (exact) mass is 280 g/mol. The molecule has 1 atom stereocenters. The molecule has 1 saturated carbocycles. The van der Waals surface area contributed by atoms with Crippen LogP contribution in [0, 0.1) is 17.0 Å². The maximum absolute atomic E-state index is 11.7. The standard InChI is InChI=1S/C14H20N2O2S/c1-8-10(13(17)18-4)12(19)16-11(15-8)9-6-5-7-14(9,2)3/h9H,5-7H2,1-4H3,(H,15,16,19). The van der Waals surface area contributed by atoms with Gasteiger partial charge in [-0.2, -0.15) is 0 Å². The van der Waals surface area contributed by atoms with Crippen LogP contribution in [0.4, 0.5) is 0 Å². The summed E-state index contributed by atoms with van der Waals surface area (Å²) in [7, 11) is 1.35. The SMILES string of the molecule is COC(=O)c1c(C)[nH]c(C2CCCC2(C)C)nc1=S. The Labute approximate surface area is 118 Å². The van der Waals surface area contributed by atoms with Crippen molar-refractivity contribution < 1.29 is 9.53 Å². The van der Waals surface area contributed by atoms with Crippen molar-refractivity contribution >= 4 is 18.2 Å². The van der Waals surface area contributed by atoms with Gasteiger partial charge in [0.1, 0.15) is 16.0 Å². The highest BCUT2D eigenvalue weighted by Crippen LogP contribution is 2.47. The Morgan fingerprint density at radius 1 is 1.53 bits per heavy atom. The molecule has 1 aliphatic carbocycles. The number of aryl methyl sites for hydroxylation is 1. The van der Waals surface area contributed by atoms with Crippen LogP contribution < -0.4 is 0 Å². The summed E-state index contributed by atoms with van der Waals surface area (Å²) in [5.74, 6) is 0.848. The summed E-state index contributed by atoms with van der Waals surface area (Å²) in [5, 5.41) is 0. The van der Waals surface area contributed by atoms with E-state index in [4.69, 9.17) is 17.0 Å². The number of carbonyl (C=O) groups excluding carboxylic acids is 1. The van der Waals surface area contributed by atoms with E-state index in [1.54, 1.807) is 0 Å². The lowest BCUT2D eigenvalue weighted by Crippen LogP contribution is -2.20. The molecule has 0 aliphatic heterocycles. The Morgan fingerprint density at radius 3 is 2.68 bits per heavy atom. The summed E-state index contributed by atoms with van der Waals surface area (Å²) in [5.41, 5.74) is 1.34. The second-order valence-corrected chi connectivity index (χ2v) is 6.24. The third kappa shape index (κ3) is 2.56. The fraction of sp³-hybridized carbons (Fsp3) is 0.643. The van der Waals surface area contributed by atoms with Gasteiger partial charge in [0.05, 0.1) is 7.11 Å². The van der Waals surface area contributed by atoms with Gasteiger partial charge in [-0.05, 0) is 25.2 Å². The minimum Gasteiger partial charge on any atom is -0.465 e. The first-order valence-electron chi connectivity index (χ1n) is 6.56. The molecule has 0 radical (unpaired) electrons. The summed E-state index contributed by atoms with van der Waals surface area (Å²) in [6, 6.07) is 0. The molecule has 5 heteroatoms.